The molecular weight excluding hydrogens is 160 g/mol. The molecule has 1 aromatic rings. The van der Waals surface area contributed by atoms with E-state index in [1.165, 1.54) is 11.1 Å². The standard InChI is InChI=1S/C12H12O/c1-2-3-4-10-5-6-12-11(9-10)7-8-13-12/h1,5-6,9H,3-4,7-8H2. The zero-order valence-corrected chi connectivity index (χ0v) is 7.55. The zero-order valence-electron chi connectivity index (χ0n) is 7.55. The van der Waals surface area contributed by atoms with Gasteiger partial charge in [0.25, 0.3) is 0 Å². The van der Waals surface area contributed by atoms with Gasteiger partial charge in [-0.1, -0.05) is 12.1 Å². The van der Waals surface area contributed by atoms with Gasteiger partial charge >= 0.3 is 0 Å². The summed E-state index contributed by atoms with van der Waals surface area (Å²) < 4.78 is 5.42. The second-order valence-corrected chi connectivity index (χ2v) is 3.24. The lowest BCUT2D eigenvalue weighted by atomic mass is 10.1. The Hall–Kier alpha value is -1.42. The second-order valence-electron chi connectivity index (χ2n) is 3.24. The summed E-state index contributed by atoms with van der Waals surface area (Å²) >= 11 is 0. The van der Waals surface area contributed by atoms with Crippen LogP contribution >= 0.6 is 0 Å². The number of hydrogen-bond acceptors (Lipinski definition) is 1. The Kier molecular flexibility index (Phi) is 2.23. The molecule has 13 heavy (non-hydrogen) atoms. The van der Waals surface area contributed by atoms with Crippen LogP contribution in [-0.4, -0.2) is 6.61 Å². The number of rotatable bonds is 2. The zero-order chi connectivity index (χ0) is 9.10. The molecule has 0 bridgehead atoms. The Morgan fingerprint density at radius 2 is 2.38 bits per heavy atom. The monoisotopic (exact) mass is 172 g/mol. The van der Waals surface area contributed by atoms with Crippen molar-refractivity contribution in [3.63, 3.8) is 0 Å². The van der Waals surface area contributed by atoms with Gasteiger partial charge in [0.2, 0.25) is 0 Å². The molecule has 1 aliphatic rings. The van der Waals surface area contributed by atoms with E-state index in [2.05, 4.69) is 18.1 Å². The van der Waals surface area contributed by atoms with Crippen LogP contribution in [0.2, 0.25) is 0 Å². The summed E-state index contributed by atoms with van der Waals surface area (Å²) in [5, 5.41) is 0. The van der Waals surface area contributed by atoms with Crippen LogP contribution in [0, 0.1) is 12.3 Å². The van der Waals surface area contributed by atoms with Gasteiger partial charge in [-0.25, -0.2) is 0 Å². The van der Waals surface area contributed by atoms with Crippen molar-refractivity contribution in [1.29, 1.82) is 0 Å². The molecule has 66 valence electrons. The topological polar surface area (TPSA) is 9.23 Å². The summed E-state index contributed by atoms with van der Waals surface area (Å²) in [5.41, 5.74) is 2.65. The van der Waals surface area contributed by atoms with Crippen molar-refractivity contribution in [2.75, 3.05) is 6.61 Å². The SMILES string of the molecule is C#CCCc1ccc2c(c1)CCO2. The van der Waals surface area contributed by atoms with Gasteiger partial charge in [0.1, 0.15) is 5.75 Å². The average molecular weight is 172 g/mol. The Balaban J connectivity index is 2.17. The van der Waals surface area contributed by atoms with Gasteiger partial charge in [-0.2, -0.15) is 0 Å². The van der Waals surface area contributed by atoms with Crippen molar-refractivity contribution in [2.45, 2.75) is 19.3 Å². The van der Waals surface area contributed by atoms with Crippen LogP contribution in [0.15, 0.2) is 18.2 Å². The molecule has 1 heterocycles. The summed E-state index contributed by atoms with van der Waals surface area (Å²) in [7, 11) is 0. The quantitative estimate of drug-likeness (QED) is 0.621. The first kappa shape index (κ1) is 8.19. The lowest BCUT2D eigenvalue weighted by Crippen LogP contribution is -1.85. The van der Waals surface area contributed by atoms with Gasteiger partial charge in [-0.05, 0) is 23.6 Å². The van der Waals surface area contributed by atoms with Crippen molar-refractivity contribution in [3.05, 3.63) is 29.3 Å². The maximum absolute atomic E-state index is 5.42. The molecule has 0 saturated carbocycles. The fraction of sp³-hybridized carbons (Fsp3) is 0.333. The summed E-state index contributed by atoms with van der Waals surface area (Å²) in [4.78, 5) is 0. The highest BCUT2D eigenvalue weighted by molar-refractivity contribution is 5.39. The van der Waals surface area contributed by atoms with Crippen LogP contribution in [0.5, 0.6) is 5.75 Å². The van der Waals surface area contributed by atoms with E-state index >= 15 is 0 Å². The van der Waals surface area contributed by atoms with Gasteiger partial charge in [0.05, 0.1) is 6.61 Å². The molecule has 1 aromatic carbocycles. The van der Waals surface area contributed by atoms with Crippen molar-refractivity contribution in [3.8, 4) is 18.1 Å². The van der Waals surface area contributed by atoms with Crippen LogP contribution in [0.4, 0.5) is 0 Å². The average Bonchev–Trinajstić information content (AvgIpc) is 2.61. The molecule has 0 fully saturated rings. The highest BCUT2D eigenvalue weighted by atomic mass is 16.5. The van der Waals surface area contributed by atoms with E-state index in [0.29, 0.717) is 0 Å². The molecule has 0 saturated heterocycles. The maximum atomic E-state index is 5.42. The number of benzene rings is 1. The third-order valence-corrected chi connectivity index (χ3v) is 2.31. The fourth-order valence-corrected chi connectivity index (χ4v) is 1.61. The van der Waals surface area contributed by atoms with Crippen LogP contribution in [0.1, 0.15) is 17.5 Å². The molecule has 0 aliphatic carbocycles. The molecule has 1 nitrogen and oxygen atoms in total. The van der Waals surface area contributed by atoms with E-state index in [-0.39, 0.29) is 0 Å². The molecule has 0 atom stereocenters. The predicted molar refractivity (Wildman–Crippen MR) is 52.8 cm³/mol. The smallest absolute Gasteiger partial charge is 0.122 e. The first-order chi connectivity index (χ1) is 6.40. The third-order valence-electron chi connectivity index (χ3n) is 2.31. The Morgan fingerprint density at radius 3 is 3.23 bits per heavy atom. The Morgan fingerprint density at radius 1 is 1.46 bits per heavy atom. The van der Waals surface area contributed by atoms with Crippen LogP contribution in [0.3, 0.4) is 0 Å². The number of ether oxygens (including phenoxy) is 1. The molecule has 0 unspecified atom stereocenters. The lowest BCUT2D eigenvalue weighted by Gasteiger charge is -2.01. The maximum Gasteiger partial charge on any atom is 0.122 e. The summed E-state index contributed by atoms with van der Waals surface area (Å²) in [6.07, 6.45) is 8.05. The van der Waals surface area contributed by atoms with Crippen LogP contribution in [0.25, 0.3) is 0 Å². The molecule has 1 aliphatic heterocycles. The minimum Gasteiger partial charge on any atom is -0.493 e. The molecule has 0 radical (unpaired) electrons. The first-order valence-corrected chi connectivity index (χ1v) is 4.58. The molecule has 2 rings (SSSR count). The largest absolute Gasteiger partial charge is 0.493 e. The minimum absolute atomic E-state index is 0.819. The number of hydrogen-bond donors (Lipinski definition) is 0. The molecule has 0 spiro atoms. The van der Waals surface area contributed by atoms with Gasteiger partial charge in [0.15, 0.2) is 0 Å². The molecule has 0 amide bonds. The highest BCUT2D eigenvalue weighted by Gasteiger charge is 2.11. The summed E-state index contributed by atoms with van der Waals surface area (Å²) in [6.45, 7) is 0.827. The summed E-state index contributed by atoms with van der Waals surface area (Å²) in [6, 6.07) is 6.36. The van der Waals surface area contributed by atoms with Crippen LogP contribution in [-0.2, 0) is 12.8 Å². The van der Waals surface area contributed by atoms with E-state index in [9.17, 15) is 0 Å². The number of fused-ring (bicyclic) bond motifs is 1. The number of aryl methyl sites for hydroxylation is 1. The fourth-order valence-electron chi connectivity index (χ4n) is 1.61. The van der Waals surface area contributed by atoms with Crippen molar-refractivity contribution >= 4 is 0 Å². The molecule has 0 N–H and O–H groups in total. The van der Waals surface area contributed by atoms with E-state index in [0.717, 1.165) is 31.6 Å². The van der Waals surface area contributed by atoms with Crippen molar-refractivity contribution in [1.82, 2.24) is 0 Å². The van der Waals surface area contributed by atoms with Gasteiger partial charge in [-0.15, -0.1) is 12.3 Å². The highest BCUT2D eigenvalue weighted by Crippen LogP contribution is 2.26. The van der Waals surface area contributed by atoms with E-state index in [1.807, 2.05) is 6.07 Å². The van der Waals surface area contributed by atoms with Gasteiger partial charge in [-0.3, -0.25) is 0 Å². The van der Waals surface area contributed by atoms with E-state index < -0.39 is 0 Å². The predicted octanol–water partition coefficient (Wildman–Crippen LogP) is 2.19. The first-order valence-electron chi connectivity index (χ1n) is 4.58. The summed E-state index contributed by atoms with van der Waals surface area (Å²) in [5.74, 6) is 3.70. The normalized spacial score (nSPS) is 13.2. The second kappa shape index (κ2) is 3.53. The van der Waals surface area contributed by atoms with Gasteiger partial charge < -0.3 is 4.74 Å². The van der Waals surface area contributed by atoms with E-state index in [1.54, 1.807) is 0 Å². The Bertz CT molecular complexity index is 347. The molecule has 1 heteroatoms. The molecule has 0 aromatic heterocycles. The van der Waals surface area contributed by atoms with Crippen molar-refractivity contribution < 1.29 is 4.74 Å². The van der Waals surface area contributed by atoms with Gasteiger partial charge in [0, 0.05) is 12.8 Å². The third kappa shape index (κ3) is 1.67. The minimum atomic E-state index is 0.819. The molecular formula is C12H12O. The van der Waals surface area contributed by atoms with Crippen molar-refractivity contribution in [2.24, 2.45) is 0 Å². The Labute approximate surface area is 78.7 Å². The number of terminal acetylenes is 1. The van der Waals surface area contributed by atoms with E-state index in [4.69, 9.17) is 11.2 Å². The van der Waals surface area contributed by atoms with Crippen LogP contribution < -0.4 is 4.74 Å². The lowest BCUT2D eigenvalue weighted by molar-refractivity contribution is 0.357.